The van der Waals surface area contributed by atoms with E-state index in [-0.39, 0.29) is 22.1 Å². The van der Waals surface area contributed by atoms with Crippen molar-refractivity contribution >= 4 is 11.9 Å². The number of rotatable bonds is 22. The van der Waals surface area contributed by atoms with Crippen LogP contribution in [0.4, 0.5) is 0 Å². The van der Waals surface area contributed by atoms with E-state index in [9.17, 15) is 24.9 Å². The second-order valence-electron chi connectivity index (χ2n) is 10.3. The van der Waals surface area contributed by atoms with Crippen molar-refractivity contribution in [3.63, 3.8) is 0 Å². The molecule has 0 aromatic carbocycles. The Morgan fingerprint density at radius 3 is 1.25 bits per heavy atom. The average Bonchev–Trinajstić information content (AvgIpc) is 2.65. The fourth-order valence-electron chi connectivity index (χ4n) is 4.75. The summed E-state index contributed by atoms with van der Waals surface area (Å²) >= 11 is 0. The maximum Gasteiger partial charge on any atom is 0.359 e. The first-order valence-electron chi connectivity index (χ1n) is 12.8. The molecule has 0 aliphatic heterocycles. The first kappa shape index (κ1) is 30.8. The van der Waals surface area contributed by atoms with Crippen molar-refractivity contribution in [3.8, 4) is 0 Å². The quantitative estimate of drug-likeness (QED) is 0.167. The Morgan fingerprint density at radius 1 is 0.625 bits per heavy atom. The third-order valence-electron chi connectivity index (χ3n) is 6.44. The summed E-state index contributed by atoms with van der Waals surface area (Å²) in [4.78, 5) is 22.9. The van der Waals surface area contributed by atoms with E-state index in [1.807, 2.05) is 14.1 Å². The molecule has 2 atom stereocenters. The molecule has 0 aliphatic rings. The molecule has 0 aliphatic carbocycles. The van der Waals surface area contributed by atoms with Crippen LogP contribution in [0.25, 0.3) is 0 Å². The number of nitrogens with zero attached hydrogens (tertiary/aromatic N) is 2. The van der Waals surface area contributed by atoms with E-state index < -0.39 is 18.0 Å². The number of aliphatic hydroxyl groups is 1. The SMILES string of the molecule is CCCCCCCC[N+](C)(CC(=O)O)CC(O)C[N+](C)(CCCCCCCC)CC(=O)O. The molecule has 0 radical (unpaired) electrons. The van der Waals surface area contributed by atoms with E-state index in [0.717, 1.165) is 51.6 Å². The molecule has 0 heterocycles. The van der Waals surface area contributed by atoms with E-state index in [2.05, 4.69) is 13.8 Å². The van der Waals surface area contributed by atoms with Gasteiger partial charge in [-0.1, -0.05) is 65.2 Å². The molecule has 0 aromatic rings. The second kappa shape index (κ2) is 17.3. The fourth-order valence-corrected chi connectivity index (χ4v) is 4.75. The van der Waals surface area contributed by atoms with E-state index in [1.54, 1.807) is 0 Å². The minimum absolute atomic E-state index is 0.0217. The number of carboxylic acid groups (broad SMARTS) is 2. The lowest BCUT2D eigenvalue weighted by Crippen LogP contribution is -2.58. The zero-order valence-corrected chi connectivity index (χ0v) is 21.4. The lowest BCUT2D eigenvalue weighted by molar-refractivity contribution is -0.926. The van der Waals surface area contributed by atoms with Crippen LogP contribution in [0.15, 0.2) is 0 Å². The second-order valence-corrected chi connectivity index (χ2v) is 10.3. The van der Waals surface area contributed by atoms with Crippen LogP contribution < -0.4 is 0 Å². The van der Waals surface area contributed by atoms with E-state index in [0.29, 0.717) is 13.1 Å². The number of quaternary nitrogens is 2. The van der Waals surface area contributed by atoms with Crippen LogP contribution in [0, 0.1) is 0 Å². The molecule has 3 N–H and O–H groups in total. The molecule has 0 rings (SSSR count). The predicted molar refractivity (Wildman–Crippen MR) is 130 cm³/mol. The van der Waals surface area contributed by atoms with Crippen molar-refractivity contribution in [2.45, 2.75) is 97.0 Å². The summed E-state index contributed by atoms with van der Waals surface area (Å²) in [5.41, 5.74) is 0. The van der Waals surface area contributed by atoms with Crippen LogP contribution >= 0.6 is 0 Å². The average molecular weight is 461 g/mol. The molecule has 0 fully saturated rings. The molecule has 32 heavy (non-hydrogen) atoms. The molecule has 0 bridgehead atoms. The summed E-state index contributed by atoms with van der Waals surface area (Å²) in [5, 5.41) is 29.7. The molecule has 0 amide bonds. The third kappa shape index (κ3) is 16.5. The maximum atomic E-state index is 11.5. The number of carbonyl (C=O) groups is 2. The number of aliphatic carboxylic acids is 2. The highest BCUT2D eigenvalue weighted by molar-refractivity contribution is 5.68. The van der Waals surface area contributed by atoms with Crippen LogP contribution in [-0.4, -0.2) is 95.7 Å². The summed E-state index contributed by atoms with van der Waals surface area (Å²) in [7, 11) is 3.80. The lowest BCUT2D eigenvalue weighted by Gasteiger charge is -2.39. The zero-order chi connectivity index (χ0) is 24.5. The van der Waals surface area contributed by atoms with Gasteiger partial charge in [-0.3, -0.25) is 0 Å². The van der Waals surface area contributed by atoms with Gasteiger partial charge in [-0.25, -0.2) is 9.59 Å². The summed E-state index contributed by atoms with van der Waals surface area (Å²) in [6.45, 7) is 6.44. The Kier molecular flexibility index (Phi) is 16.7. The van der Waals surface area contributed by atoms with E-state index in [4.69, 9.17) is 0 Å². The highest BCUT2D eigenvalue weighted by Crippen LogP contribution is 2.15. The van der Waals surface area contributed by atoms with Crippen molar-refractivity contribution in [3.05, 3.63) is 0 Å². The van der Waals surface area contributed by atoms with Crippen LogP contribution in [0.2, 0.25) is 0 Å². The van der Waals surface area contributed by atoms with Gasteiger partial charge in [-0.05, 0) is 25.7 Å². The first-order chi connectivity index (χ1) is 15.1. The van der Waals surface area contributed by atoms with Gasteiger partial charge in [-0.2, -0.15) is 0 Å². The summed E-state index contributed by atoms with van der Waals surface area (Å²) in [5.74, 6) is -1.72. The van der Waals surface area contributed by atoms with Crippen molar-refractivity contribution in [2.24, 2.45) is 0 Å². The third-order valence-corrected chi connectivity index (χ3v) is 6.44. The Balaban J connectivity index is 4.83. The van der Waals surface area contributed by atoms with Gasteiger partial charge < -0.3 is 24.3 Å². The number of likely N-dealkylation sites (N-methyl/N-ethyl adjacent to an activating group) is 2. The molecule has 7 nitrogen and oxygen atoms in total. The summed E-state index contributed by atoms with van der Waals surface area (Å²) < 4.78 is 0.572. The Hall–Kier alpha value is -1.18. The highest BCUT2D eigenvalue weighted by Gasteiger charge is 2.34. The molecule has 0 saturated carbocycles. The smallest absolute Gasteiger partial charge is 0.359 e. The predicted octanol–water partition coefficient (Wildman–Crippen LogP) is 4.13. The fraction of sp³-hybridized carbons (Fsp3) is 0.920. The van der Waals surface area contributed by atoms with Gasteiger partial charge in [-0.15, -0.1) is 0 Å². The monoisotopic (exact) mass is 460 g/mol. The minimum atomic E-state index is -0.861. The van der Waals surface area contributed by atoms with Gasteiger partial charge in [0.05, 0.1) is 27.2 Å². The number of hydrogen-bond donors (Lipinski definition) is 3. The molecule has 0 aromatic heterocycles. The van der Waals surface area contributed by atoms with Crippen LogP contribution in [-0.2, 0) is 9.59 Å². The van der Waals surface area contributed by atoms with Crippen molar-refractivity contribution in [1.29, 1.82) is 0 Å². The zero-order valence-electron chi connectivity index (χ0n) is 21.4. The topological polar surface area (TPSA) is 94.8 Å². The summed E-state index contributed by atoms with van der Waals surface area (Å²) in [6.07, 6.45) is 12.9. The number of hydrogen-bond acceptors (Lipinski definition) is 3. The van der Waals surface area contributed by atoms with Crippen LogP contribution in [0.1, 0.15) is 90.9 Å². The Labute approximate surface area is 196 Å². The largest absolute Gasteiger partial charge is 0.477 e. The number of carboxylic acids is 2. The number of aliphatic hydroxyl groups excluding tert-OH is 1. The van der Waals surface area contributed by atoms with E-state index >= 15 is 0 Å². The van der Waals surface area contributed by atoms with Gasteiger partial charge in [0, 0.05) is 0 Å². The molecular formula is C25H52N2O5+2. The van der Waals surface area contributed by atoms with Gasteiger partial charge in [0.1, 0.15) is 13.1 Å². The van der Waals surface area contributed by atoms with Crippen molar-refractivity contribution in [1.82, 2.24) is 0 Å². The van der Waals surface area contributed by atoms with E-state index in [1.165, 1.54) is 38.5 Å². The molecule has 0 spiro atoms. The molecular weight excluding hydrogens is 408 g/mol. The van der Waals surface area contributed by atoms with Crippen LogP contribution in [0.5, 0.6) is 0 Å². The van der Waals surface area contributed by atoms with Gasteiger partial charge in [0.15, 0.2) is 19.2 Å². The van der Waals surface area contributed by atoms with Gasteiger partial charge in [0.25, 0.3) is 0 Å². The molecule has 2 unspecified atom stereocenters. The first-order valence-corrected chi connectivity index (χ1v) is 12.8. The van der Waals surface area contributed by atoms with Crippen molar-refractivity contribution in [2.75, 3.05) is 53.4 Å². The molecule has 190 valence electrons. The molecule has 7 heteroatoms. The minimum Gasteiger partial charge on any atom is -0.477 e. The molecule has 0 saturated heterocycles. The maximum absolute atomic E-state index is 11.5. The lowest BCUT2D eigenvalue weighted by atomic mass is 10.1. The Morgan fingerprint density at radius 2 is 0.938 bits per heavy atom. The highest BCUT2D eigenvalue weighted by atomic mass is 16.4. The van der Waals surface area contributed by atoms with Crippen LogP contribution in [0.3, 0.4) is 0 Å². The standard InChI is InChI=1S/C25H50N2O5/c1-5-7-9-11-13-15-17-26(3,21-24(29)30)19-23(28)20-27(4,22-25(31)32)18-16-14-12-10-8-6-2/h23,28H,5-22H2,1-4H3/p+2. The van der Waals surface area contributed by atoms with Crippen molar-refractivity contribution < 1.29 is 33.9 Å². The summed E-state index contributed by atoms with van der Waals surface area (Å²) in [6, 6.07) is 0. The number of unbranched alkanes of at least 4 members (excludes halogenated alkanes) is 10. The normalized spacial score (nSPS) is 16.3. The Bertz CT molecular complexity index is 473. The van der Waals surface area contributed by atoms with Gasteiger partial charge >= 0.3 is 11.9 Å². The van der Waals surface area contributed by atoms with Gasteiger partial charge in [0.2, 0.25) is 0 Å².